The summed E-state index contributed by atoms with van der Waals surface area (Å²) in [5, 5.41) is 0. The standard InChI is InChI=1S/C16H20/c1-12(2)7-8-13(3)15-10-9-14-5-4-6-16(14)11-15/h7-11H,4-6H2,1-3H3/b13-8+. The Morgan fingerprint density at radius 1 is 1.00 bits per heavy atom. The fourth-order valence-electron chi connectivity index (χ4n) is 2.21. The highest BCUT2D eigenvalue weighted by Gasteiger charge is 2.10. The van der Waals surface area contributed by atoms with Crippen molar-refractivity contribution in [1.82, 2.24) is 0 Å². The van der Waals surface area contributed by atoms with Gasteiger partial charge in [-0.25, -0.2) is 0 Å². The van der Waals surface area contributed by atoms with Crippen LogP contribution in [0.15, 0.2) is 35.9 Å². The Kier molecular flexibility index (Phi) is 3.28. The first-order valence-electron chi connectivity index (χ1n) is 6.11. The quantitative estimate of drug-likeness (QED) is 0.631. The molecule has 0 N–H and O–H groups in total. The maximum absolute atomic E-state index is 2.37. The first-order valence-corrected chi connectivity index (χ1v) is 6.11. The van der Waals surface area contributed by atoms with E-state index in [1.54, 1.807) is 11.1 Å². The van der Waals surface area contributed by atoms with Crippen molar-refractivity contribution in [2.45, 2.75) is 40.0 Å². The van der Waals surface area contributed by atoms with Crippen LogP contribution in [0.5, 0.6) is 0 Å². The molecular formula is C16H20. The Hall–Kier alpha value is -1.30. The summed E-state index contributed by atoms with van der Waals surface area (Å²) in [4.78, 5) is 0. The first-order chi connectivity index (χ1) is 7.66. The van der Waals surface area contributed by atoms with Gasteiger partial charge < -0.3 is 0 Å². The van der Waals surface area contributed by atoms with E-state index in [2.05, 4.69) is 51.1 Å². The molecule has 16 heavy (non-hydrogen) atoms. The molecule has 1 aliphatic carbocycles. The van der Waals surface area contributed by atoms with Crippen LogP contribution in [-0.2, 0) is 12.8 Å². The molecule has 0 fully saturated rings. The molecule has 0 nitrogen and oxygen atoms in total. The van der Waals surface area contributed by atoms with Crippen molar-refractivity contribution in [3.05, 3.63) is 52.6 Å². The SMILES string of the molecule is CC(C)=C/C=C(\C)c1ccc2c(c1)CCC2. The molecule has 1 aliphatic rings. The van der Waals surface area contributed by atoms with Gasteiger partial charge in [-0.3, -0.25) is 0 Å². The maximum atomic E-state index is 2.37. The number of allylic oxidation sites excluding steroid dienone is 4. The Labute approximate surface area is 98.7 Å². The molecular weight excluding hydrogens is 192 g/mol. The number of hydrogen-bond acceptors (Lipinski definition) is 0. The summed E-state index contributed by atoms with van der Waals surface area (Å²) in [5.41, 5.74) is 7.19. The summed E-state index contributed by atoms with van der Waals surface area (Å²) >= 11 is 0. The zero-order valence-electron chi connectivity index (χ0n) is 10.5. The van der Waals surface area contributed by atoms with E-state index in [1.807, 2.05) is 0 Å². The largest absolute Gasteiger partial charge is 0.0764 e. The molecule has 84 valence electrons. The summed E-state index contributed by atoms with van der Waals surface area (Å²) in [6, 6.07) is 6.93. The molecule has 0 aromatic heterocycles. The van der Waals surface area contributed by atoms with E-state index in [4.69, 9.17) is 0 Å². The fourth-order valence-corrected chi connectivity index (χ4v) is 2.21. The summed E-state index contributed by atoms with van der Waals surface area (Å²) in [7, 11) is 0. The van der Waals surface area contributed by atoms with Gasteiger partial charge in [-0.2, -0.15) is 0 Å². The zero-order chi connectivity index (χ0) is 11.5. The van der Waals surface area contributed by atoms with Gasteiger partial charge in [0.2, 0.25) is 0 Å². The smallest absolute Gasteiger partial charge is 0.0224 e. The van der Waals surface area contributed by atoms with Gasteiger partial charge >= 0.3 is 0 Å². The number of aryl methyl sites for hydroxylation is 2. The van der Waals surface area contributed by atoms with Crippen molar-refractivity contribution < 1.29 is 0 Å². The Balaban J connectivity index is 2.28. The van der Waals surface area contributed by atoms with Crippen molar-refractivity contribution in [1.29, 1.82) is 0 Å². The third-order valence-corrected chi connectivity index (χ3v) is 3.22. The zero-order valence-corrected chi connectivity index (χ0v) is 10.5. The topological polar surface area (TPSA) is 0 Å². The van der Waals surface area contributed by atoms with Gasteiger partial charge in [0, 0.05) is 0 Å². The average Bonchev–Trinajstić information content (AvgIpc) is 2.72. The summed E-state index contributed by atoms with van der Waals surface area (Å²) in [5.74, 6) is 0. The van der Waals surface area contributed by atoms with Crippen LogP contribution in [0.3, 0.4) is 0 Å². The molecule has 0 radical (unpaired) electrons. The van der Waals surface area contributed by atoms with Crippen LogP contribution >= 0.6 is 0 Å². The summed E-state index contributed by atoms with van der Waals surface area (Å²) in [6.07, 6.45) is 8.26. The molecule has 0 aliphatic heterocycles. The minimum Gasteiger partial charge on any atom is -0.0764 e. The monoisotopic (exact) mass is 212 g/mol. The van der Waals surface area contributed by atoms with E-state index in [-0.39, 0.29) is 0 Å². The van der Waals surface area contributed by atoms with E-state index in [0.717, 1.165) is 0 Å². The molecule has 1 aromatic rings. The molecule has 0 heterocycles. The van der Waals surface area contributed by atoms with Gasteiger partial charge in [-0.05, 0) is 62.3 Å². The molecule has 2 rings (SSSR count). The minimum absolute atomic E-state index is 1.26. The highest BCUT2D eigenvalue weighted by molar-refractivity contribution is 5.66. The second kappa shape index (κ2) is 4.69. The Morgan fingerprint density at radius 3 is 2.50 bits per heavy atom. The van der Waals surface area contributed by atoms with Crippen LogP contribution in [0.1, 0.15) is 43.9 Å². The lowest BCUT2D eigenvalue weighted by atomic mass is 10.0. The van der Waals surface area contributed by atoms with Crippen LogP contribution in [0.4, 0.5) is 0 Å². The van der Waals surface area contributed by atoms with Crippen molar-refractivity contribution in [2.75, 3.05) is 0 Å². The predicted octanol–water partition coefficient (Wildman–Crippen LogP) is 4.54. The molecule has 1 aromatic carbocycles. The Morgan fingerprint density at radius 2 is 1.75 bits per heavy atom. The third kappa shape index (κ3) is 2.44. The summed E-state index contributed by atoms with van der Waals surface area (Å²) in [6.45, 7) is 6.45. The van der Waals surface area contributed by atoms with Crippen molar-refractivity contribution in [3.63, 3.8) is 0 Å². The van der Waals surface area contributed by atoms with E-state index in [9.17, 15) is 0 Å². The van der Waals surface area contributed by atoms with Gasteiger partial charge in [0.25, 0.3) is 0 Å². The molecule has 0 atom stereocenters. The van der Waals surface area contributed by atoms with Gasteiger partial charge in [-0.1, -0.05) is 35.9 Å². The fraction of sp³-hybridized carbons (Fsp3) is 0.375. The summed E-state index contributed by atoms with van der Waals surface area (Å²) < 4.78 is 0. The van der Waals surface area contributed by atoms with Crippen LogP contribution in [0.2, 0.25) is 0 Å². The van der Waals surface area contributed by atoms with Gasteiger partial charge in [0.05, 0.1) is 0 Å². The average molecular weight is 212 g/mol. The van der Waals surface area contributed by atoms with E-state index in [1.165, 1.54) is 36.0 Å². The predicted molar refractivity (Wildman–Crippen MR) is 71.5 cm³/mol. The van der Waals surface area contributed by atoms with Crippen LogP contribution in [0, 0.1) is 0 Å². The van der Waals surface area contributed by atoms with Gasteiger partial charge in [0.1, 0.15) is 0 Å². The number of benzene rings is 1. The normalized spacial score (nSPS) is 14.8. The van der Waals surface area contributed by atoms with E-state index < -0.39 is 0 Å². The highest BCUT2D eigenvalue weighted by atomic mass is 14.2. The number of hydrogen-bond donors (Lipinski definition) is 0. The van der Waals surface area contributed by atoms with Gasteiger partial charge in [-0.15, -0.1) is 0 Å². The van der Waals surface area contributed by atoms with E-state index in [0.29, 0.717) is 0 Å². The minimum atomic E-state index is 1.26. The second-order valence-electron chi connectivity index (χ2n) is 4.93. The molecule has 0 amide bonds. The van der Waals surface area contributed by atoms with Crippen molar-refractivity contribution >= 4 is 5.57 Å². The first kappa shape index (κ1) is 11.2. The molecule has 0 spiro atoms. The van der Waals surface area contributed by atoms with Crippen molar-refractivity contribution in [3.8, 4) is 0 Å². The third-order valence-electron chi connectivity index (χ3n) is 3.22. The molecule has 0 saturated carbocycles. The van der Waals surface area contributed by atoms with Gasteiger partial charge in [0.15, 0.2) is 0 Å². The maximum Gasteiger partial charge on any atom is -0.0224 e. The van der Waals surface area contributed by atoms with Crippen LogP contribution in [0.25, 0.3) is 5.57 Å². The highest BCUT2D eigenvalue weighted by Crippen LogP contribution is 2.25. The lowest BCUT2D eigenvalue weighted by molar-refractivity contribution is 0.911. The molecule has 0 saturated heterocycles. The Bertz CT molecular complexity index is 443. The van der Waals surface area contributed by atoms with E-state index >= 15 is 0 Å². The lowest BCUT2D eigenvalue weighted by Gasteiger charge is -2.04. The number of rotatable bonds is 2. The van der Waals surface area contributed by atoms with Crippen LogP contribution in [-0.4, -0.2) is 0 Å². The molecule has 0 bridgehead atoms. The number of fused-ring (bicyclic) bond motifs is 1. The second-order valence-corrected chi connectivity index (χ2v) is 4.93. The lowest BCUT2D eigenvalue weighted by Crippen LogP contribution is -1.86. The molecule has 0 unspecified atom stereocenters. The molecule has 0 heteroatoms. The van der Waals surface area contributed by atoms with Crippen molar-refractivity contribution in [2.24, 2.45) is 0 Å². The van der Waals surface area contributed by atoms with Crippen LogP contribution < -0.4 is 0 Å².